The Balaban J connectivity index is 2.04. The maximum atomic E-state index is 13.7. The topological polar surface area (TPSA) is 160 Å². The molecule has 4 N–H and O–H groups in total. The van der Waals surface area contributed by atoms with E-state index in [1.54, 1.807) is 39.0 Å². The van der Waals surface area contributed by atoms with Gasteiger partial charge in [0.05, 0.1) is 24.2 Å². The highest BCUT2D eigenvalue weighted by Crippen LogP contribution is 2.57. The van der Waals surface area contributed by atoms with Crippen molar-refractivity contribution in [2.24, 2.45) is 11.3 Å². The smallest absolute Gasteiger partial charge is 0.338 e. The van der Waals surface area contributed by atoms with Gasteiger partial charge in [-0.2, -0.15) is 0 Å². The molecule has 2 aliphatic carbocycles. The van der Waals surface area contributed by atoms with E-state index >= 15 is 0 Å². The van der Waals surface area contributed by atoms with Crippen molar-refractivity contribution < 1.29 is 49.0 Å². The number of aliphatic hydroxyl groups is 4. The first kappa shape index (κ1) is 28.9. The molecule has 0 aromatic heterocycles. The van der Waals surface area contributed by atoms with Gasteiger partial charge in [-0.1, -0.05) is 32.0 Å². The van der Waals surface area contributed by atoms with E-state index in [1.807, 2.05) is 0 Å². The number of hydrogen-bond acceptors (Lipinski definition) is 10. The van der Waals surface area contributed by atoms with Gasteiger partial charge >= 0.3 is 11.9 Å². The second-order valence-electron chi connectivity index (χ2n) is 11.2. The van der Waals surface area contributed by atoms with Crippen LogP contribution in [0.5, 0.6) is 0 Å². The van der Waals surface area contributed by atoms with Crippen LogP contribution in [0.15, 0.2) is 52.8 Å². The van der Waals surface area contributed by atoms with Gasteiger partial charge in [0.15, 0.2) is 11.4 Å². The SMILES string of the molecule is CC(=O)O[C@@]1([C@@H]2/C(C)=C(/O)C(=O)C3=C(C)[C@@H](O)C[C@@](O)([C@H]2OC(=O)c2ccccc2)C3(C)C)CO[C@@H]1CCO. The average molecular weight is 545 g/mol. The summed E-state index contributed by atoms with van der Waals surface area (Å²) in [6.45, 7) is 6.83. The summed E-state index contributed by atoms with van der Waals surface area (Å²) in [5.41, 5.74) is -4.61. The van der Waals surface area contributed by atoms with Crippen LogP contribution in [-0.4, -0.2) is 80.9 Å². The minimum Gasteiger partial charge on any atom is -0.504 e. The lowest BCUT2D eigenvalue weighted by molar-refractivity contribution is -0.295. The van der Waals surface area contributed by atoms with Gasteiger partial charge in [0.2, 0.25) is 5.78 Å². The molecule has 212 valence electrons. The first-order valence-corrected chi connectivity index (χ1v) is 13.0. The average Bonchev–Trinajstić information content (AvgIpc) is 2.87. The van der Waals surface area contributed by atoms with E-state index < -0.39 is 64.3 Å². The van der Waals surface area contributed by atoms with E-state index in [9.17, 15) is 34.8 Å². The Labute approximate surface area is 226 Å². The molecular formula is C29H36O10. The molecule has 10 heteroatoms. The number of fused-ring (bicyclic) bond motifs is 2. The molecule has 3 aliphatic rings. The molecule has 1 aliphatic heterocycles. The normalized spacial score (nSPS) is 35.9. The van der Waals surface area contributed by atoms with Crippen molar-refractivity contribution in [1.29, 1.82) is 0 Å². The van der Waals surface area contributed by atoms with Crippen molar-refractivity contribution in [1.82, 2.24) is 0 Å². The largest absolute Gasteiger partial charge is 0.504 e. The van der Waals surface area contributed by atoms with Crippen molar-refractivity contribution in [3.8, 4) is 0 Å². The Morgan fingerprint density at radius 2 is 1.77 bits per heavy atom. The fraction of sp³-hybridized carbons (Fsp3) is 0.552. The van der Waals surface area contributed by atoms with Gasteiger partial charge in [-0.15, -0.1) is 0 Å². The molecule has 1 aromatic carbocycles. The van der Waals surface area contributed by atoms with Crippen LogP contribution in [-0.2, 0) is 23.8 Å². The molecule has 1 aromatic rings. The van der Waals surface area contributed by atoms with Gasteiger partial charge in [-0.25, -0.2) is 4.79 Å². The van der Waals surface area contributed by atoms with Gasteiger partial charge in [-0.05, 0) is 37.1 Å². The van der Waals surface area contributed by atoms with E-state index in [0.717, 1.165) is 0 Å². The predicted molar refractivity (Wildman–Crippen MR) is 137 cm³/mol. The van der Waals surface area contributed by atoms with Gasteiger partial charge in [0, 0.05) is 37.4 Å². The number of rotatable bonds is 6. The highest BCUT2D eigenvalue weighted by atomic mass is 16.6. The van der Waals surface area contributed by atoms with Crippen molar-refractivity contribution in [3.63, 3.8) is 0 Å². The summed E-state index contributed by atoms with van der Waals surface area (Å²) in [5.74, 6) is -4.24. The lowest BCUT2D eigenvalue weighted by Crippen LogP contribution is -2.73. The molecule has 4 rings (SSSR count). The number of carbonyl (C=O) groups is 3. The number of Topliss-reactive ketones (excluding diaryl/α,β-unsaturated/α-hetero) is 1. The van der Waals surface area contributed by atoms with Crippen LogP contribution < -0.4 is 0 Å². The monoisotopic (exact) mass is 544 g/mol. The highest BCUT2D eigenvalue weighted by Gasteiger charge is 2.69. The number of esters is 2. The molecule has 39 heavy (non-hydrogen) atoms. The third-order valence-electron chi connectivity index (χ3n) is 8.71. The van der Waals surface area contributed by atoms with E-state index in [1.165, 1.54) is 26.0 Å². The van der Waals surface area contributed by atoms with E-state index in [4.69, 9.17) is 14.2 Å². The Hall–Kier alpha value is -3.05. The second kappa shape index (κ2) is 10.2. The first-order chi connectivity index (χ1) is 18.2. The summed E-state index contributed by atoms with van der Waals surface area (Å²) in [6, 6.07) is 8.08. The number of allylic oxidation sites excluding steroid dienone is 1. The Morgan fingerprint density at radius 3 is 2.31 bits per heavy atom. The Bertz CT molecular complexity index is 1230. The van der Waals surface area contributed by atoms with Gasteiger partial charge in [-0.3, -0.25) is 9.59 Å². The molecule has 1 heterocycles. The molecule has 10 nitrogen and oxygen atoms in total. The Kier molecular flexibility index (Phi) is 7.54. The molecule has 1 saturated heterocycles. The van der Waals surface area contributed by atoms with Crippen molar-refractivity contribution in [2.45, 2.75) is 77.0 Å². The van der Waals surface area contributed by atoms with Crippen molar-refractivity contribution in [2.75, 3.05) is 13.2 Å². The van der Waals surface area contributed by atoms with Crippen molar-refractivity contribution >= 4 is 17.7 Å². The lowest BCUT2D eigenvalue weighted by Gasteiger charge is -2.60. The van der Waals surface area contributed by atoms with Crippen LogP contribution >= 0.6 is 0 Å². The van der Waals surface area contributed by atoms with Crippen LogP contribution in [0.25, 0.3) is 0 Å². The van der Waals surface area contributed by atoms with Crippen LogP contribution in [0.4, 0.5) is 0 Å². The quantitative estimate of drug-likeness (QED) is 0.391. The van der Waals surface area contributed by atoms with Crippen LogP contribution in [0.3, 0.4) is 0 Å². The maximum absolute atomic E-state index is 13.7. The van der Waals surface area contributed by atoms with Crippen LogP contribution in [0, 0.1) is 11.3 Å². The molecule has 1 fully saturated rings. The molecule has 6 atom stereocenters. The second-order valence-corrected chi connectivity index (χ2v) is 11.2. The van der Waals surface area contributed by atoms with E-state index in [2.05, 4.69) is 0 Å². The first-order valence-electron chi connectivity index (χ1n) is 13.0. The summed E-state index contributed by atoms with van der Waals surface area (Å²) in [5, 5.41) is 44.6. The summed E-state index contributed by atoms with van der Waals surface area (Å²) in [7, 11) is 0. The number of carbonyl (C=O) groups excluding carboxylic acids is 3. The minimum atomic E-state index is -2.07. The third kappa shape index (κ3) is 4.39. The fourth-order valence-corrected chi connectivity index (χ4v) is 6.53. The van der Waals surface area contributed by atoms with E-state index in [-0.39, 0.29) is 42.8 Å². The predicted octanol–water partition coefficient (Wildman–Crippen LogP) is 2.16. The molecule has 0 saturated carbocycles. The molecule has 0 unspecified atom stereocenters. The van der Waals surface area contributed by atoms with Gasteiger partial charge in [0.1, 0.15) is 17.8 Å². The lowest BCUT2D eigenvalue weighted by atomic mass is 9.53. The number of aliphatic hydroxyl groups excluding tert-OH is 3. The standard InChI is InChI=1S/C29H36O10/c1-15-19(32)13-29(36)25(38-26(35)18-9-7-6-8-10-18)22(16(2)23(33)24(34)21(15)27(29,4)5)28(39-17(3)31)14-37-20(28)11-12-30/h6-10,19-20,22,25,30,32-33,36H,11-14H2,1-5H3/b23-16+/t19-,20+,22+,25-,28-,29+/m0/s1. The van der Waals surface area contributed by atoms with Gasteiger partial charge in [0.25, 0.3) is 0 Å². The molecule has 0 spiro atoms. The summed E-state index contributed by atoms with van der Waals surface area (Å²) >= 11 is 0. The van der Waals surface area contributed by atoms with Gasteiger partial charge < -0.3 is 34.6 Å². The fourth-order valence-electron chi connectivity index (χ4n) is 6.53. The highest BCUT2D eigenvalue weighted by molar-refractivity contribution is 6.09. The number of benzene rings is 1. The minimum absolute atomic E-state index is 0.0121. The third-order valence-corrected chi connectivity index (χ3v) is 8.71. The zero-order valence-corrected chi connectivity index (χ0v) is 22.8. The van der Waals surface area contributed by atoms with Crippen LogP contribution in [0.1, 0.15) is 57.8 Å². The zero-order chi connectivity index (χ0) is 28.9. The summed E-state index contributed by atoms with van der Waals surface area (Å²) in [4.78, 5) is 39.6. The summed E-state index contributed by atoms with van der Waals surface area (Å²) in [6.07, 6.45) is -4.00. The zero-order valence-electron chi connectivity index (χ0n) is 22.8. The Morgan fingerprint density at radius 1 is 1.13 bits per heavy atom. The molecular weight excluding hydrogens is 508 g/mol. The molecule has 2 bridgehead atoms. The number of hydrogen-bond donors (Lipinski definition) is 4. The molecule has 0 radical (unpaired) electrons. The van der Waals surface area contributed by atoms with E-state index in [0.29, 0.717) is 5.57 Å². The van der Waals surface area contributed by atoms with Crippen molar-refractivity contribution in [3.05, 3.63) is 58.4 Å². The summed E-state index contributed by atoms with van der Waals surface area (Å²) < 4.78 is 17.6. The van der Waals surface area contributed by atoms with Crippen LogP contribution in [0.2, 0.25) is 0 Å². The number of ether oxygens (including phenoxy) is 3. The number of ketones is 1. The maximum Gasteiger partial charge on any atom is 0.338 e. The molecule has 0 amide bonds.